The fourth-order valence-corrected chi connectivity index (χ4v) is 4.05. The van der Waals surface area contributed by atoms with Gasteiger partial charge in [-0.3, -0.25) is 19.8 Å². The van der Waals surface area contributed by atoms with Gasteiger partial charge in [0.25, 0.3) is 0 Å². The SMILES string of the molecule is CC(=O)N1CCC[C@@H]1[C@@H]1CCCN1CC(=O)Nc1cc(C(C)C)no1. The molecule has 0 unspecified atom stereocenters. The van der Waals surface area contributed by atoms with Crippen molar-refractivity contribution in [3.8, 4) is 0 Å². The van der Waals surface area contributed by atoms with Crippen molar-refractivity contribution in [1.29, 1.82) is 0 Å². The van der Waals surface area contributed by atoms with Crippen LogP contribution in [0.2, 0.25) is 0 Å². The van der Waals surface area contributed by atoms with Crippen LogP contribution in [0, 0.1) is 0 Å². The Morgan fingerprint density at radius 3 is 2.68 bits per heavy atom. The number of hydrogen-bond donors (Lipinski definition) is 1. The molecule has 1 aromatic heterocycles. The summed E-state index contributed by atoms with van der Waals surface area (Å²) < 4.78 is 5.18. The summed E-state index contributed by atoms with van der Waals surface area (Å²) in [5.41, 5.74) is 0.831. The van der Waals surface area contributed by atoms with Crippen LogP contribution in [-0.2, 0) is 9.59 Å². The molecule has 0 saturated carbocycles. The standard InChI is InChI=1S/C18H28N4O3/c1-12(2)14-10-18(25-20-14)19-17(24)11-21-8-4-6-15(21)16-7-5-9-22(16)13(3)23/h10,12,15-16H,4-9,11H2,1-3H3,(H,19,24)/t15-,16+/m0/s1. The van der Waals surface area contributed by atoms with Crippen LogP contribution < -0.4 is 5.32 Å². The molecule has 3 heterocycles. The number of carbonyl (C=O) groups excluding carboxylic acids is 2. The molecule has 2 aliphatic rings. The van der Waals surface area contributed by atoms with Crippen molar-refractivity contribution in [2.45, 2.75) is 64.5 Å². The summed E-state index contributed by atoms with van der Waals surface area (Å²) in [6, 6.07) is 2.29. The number of aromatic nitrogens is 1. The molecule has 2 aliphatic heterocycles. The Morgan fingerprint density at radius 1 is 1.28 bits per heavy atom. The molecule has 0 aliphatic carbocycles. The lowest BCUT2D eigenvalue weighted by molar-refractivity contribution is -0.130. The van der Waals surface area contributed by atoms with Gasteiger partial charge in [0.1, 0.15) is 0 Å². The van der Waals surface area contributed by atoms with Crippen LogP contribution in [0.15, 0.2) is 10.6 Å². The Kier molecular flexibility index (Phi) is 5.42. The third-order valence-electron chi connectivity index (χ3n) is 5.29. The number of rotatable bonds is 5. The lowest BCUT2D eigenvalue weighted by atomic mass is 10.0. The Labute approximate surface area is 148 Å². The van der Waals surface area contributed by atoms with Gasteiger partial charge in [-0.2, -0.15) is 0 Å². The number of amides is 2. The van der Waals surface area contributed by atoms with E-state index in [2.05, 4.69) is 15.4 Å². The molecule has 1 aromatic rings. The van der Waals surface area contributed by atoms with Crippen LogP contribution >= 0.6 is 0 Å². The quantitative estimate of drug-likeness (QED) is 0.883. The normalized spacial score (nSPS) is 24.2. The van der Waals surface area contributed by atoms with Crippen LogP contribution in [0.25, 0.3) is 0 Å². The zero-order valence-electron chi connectivity index (χ0n) is 15.3. The van der Waals surface area contributed by atoms with Gasteiger partial charge in [-0.25, -0.2) is 0 Å². The lowest BCUT2D eigenvalue weighted by Gasteiger charge is -2.34. The van der Waals surface area contributed by atoms with E-state index >= 15 is 0 Å². The molecular formula is C18H28N4O3. The van der Waals surface area contributed by atoms with Crippen molar-refractivity contribution in [2.75, 3.05) is 25.0 Å². The van der Waals surface area contributed by atoms with Crippen molar-refractivity contribution in [3.05, 3.63) is 11.8 Å². The average molecular weight is 348 g/mol. The van der Waals surface area contributed by atoms with Crippen molar-refractivity contribution in [2.24, 2.45) is 0 Å². The fourth-order valence-electron chi connectivity index (χ4n) is 4.05. The summed E-state index contributed by atoms with van der Waals surface area (Å²) in [7, 11) is 0. The molecule has 138 valence electrons. The highest BCUT2D eigenvalue weighted by Crippen LogP contribution is 2.30. The van der Waals surface area contributed by atoms with Crippen LogP contribution in [0.1, 0.15) is 58.1 Å². The zero-order valence-corrected chi connectivity index (χ0v) is 15.3. The Balaban J connectivity index is 1.59. The molecule has 2 atom stereocenters. The molecule has 0 radical (unpaired) electrons. The molecule has 2 saturated heterocycles. The monoisotopic (exact) mass is 348 g/mol. The number of nitrogens with one attached hydrogen (secondary N) is 1. The van der Waals surface area contributed by atoms with E-state index < -0.39 is 0 Å². The first-order valence-corrected chi connectivity index (χ1v) is 9.23. The number of carbonyl (C=O) groups is 2. The van der Waals surface area contributed by atoms with Gasteiger partial charge in [0.05, 0.1) is 12.2 Å². The average Bonchev–Trinajstić information content (AvgIpc) is 3.25. The number of anilines is 1. The number of likely N-dealkylation sites (tertiary alicyclic amines) is 2. The zero-order chi connectivity index (χ0) is 18.0. The highest BCUT2D eigenvalue weighted by molar-refractivity contribution is 5.91. The molecule has 3 rings (SSSR count). The predicted molar refractivity (Wildman–Crippen MR) is 94.2 cm³/mol. The van der Waals surface area contributed by atoms with Gasteiger partial charge in [-0.1, -0.05) is 19.0 Å². The molecule has 2 fully saturated rings. The first kappa shape index (κ1) is 17.9. The molecule has 7 heteroatoms. The maximum atomic E-state index is 12.4. The van der Waals surface area contributed by atoms with Gasteiger partial charge in [-0.15, -0.1) is 0 Å². The first-order valence-electron chi connectivity index (χ1n) is 9.23. The fraction of sp³-hybridized carbons (Fsp3) is 0.722. The van der Waals surface area contributed by atoms with E-state index in [-0.39, 0.29) is 29.8 Å². The maximum Gasteiger partial charge on any atom is 0.240 e. The van der Waals surface area contributed by atoms with Gasteiger partial charge in [0, 0.05) is 31.6 Å². The van der Waals surface area contributed by atoms with Gasteiger partial charge in [-0.05, 0) is 38.1 Å². The van der Waals surface area contributed by atoms with Crippen molar-refractivity contribution >= 4 is 17.7 Å². The van der Waals surface area contributed by atoms with E-state index in [1.807, 2.05) is 18.7 Å². The third-order valence-corrected chi connectivity index (χ3v) is 5.29. The summed E-state index contributed by atoms with van der Waals surface area (Å²) in [5.74, 6) is 0.709. The summed E-state index contributed by atoms with van der Waals surface area (Å²) in [4.78, 5) is 28.4. The van der Waals surface area contributed by atoms with Gasteiger partial charge in [0.2, 0.25) is 17.7 Å². The second-order valence-corrected chi connectivity index (χ2v) is 7.42. The number of nitrogens with zero attached hydrogens (tertiary/aromatic N) is 3. The van der Waals surface area contributed by atoms with E-state index in [9.17, 15) is 9.59 Å². The molecule has 0 aromatic carbocycles. The summed E-state index contributed by atoms with van der Waals surface area (Å²) in [6.07, 6.45) is 4.20. The second-order valence-electron chi connectivity index (χ2n) is 7.42. The van der Waals surface area contributed by atoms with Crippen LogP contribution in [0.5, 0.6) is 0 Å². The minimum Gasteiger partial charge on any atom is -0.338 e. The largest absolute Gasteiger partial charge is 0.338 e. The molecule has 2 amide bonds. The van der Waals surface area contributed by atoms with Crippen molar-refractivity contribution < 1.29 is 14.1 Å². The van der Waals surface area contributed by atoms with Crippen LogP contribution in [0.4, 0.5) is 5.88 Å². The van der Waals surface area contributed by atoms with E-state index in [4.69, 9.17) is 4.52 Å². The Hall–Kier alpha value is -1.89. The minimum absolute atomic E-state index is 0.0919. The van der Waals surface area contributed by atoms with Gasteiger partial charge >= 0.3 is 0 Å². The topological polar surface area (TPSA) is 78.7 Å². The minimum atomic E-state index is -0.0919. The molecule has 25 heavy (non-hydrogen) atoms. The van der Waals surface area contributed by atoms with Crippen molar-refractivity contribution in [3.63, 3.8) is 0 Å². The highest BCUT2D eigenvalue weighted by atomic mass is 16.5. The highest BCUT2D eigenvalue weighted by Gasteiger charge is 2.39. The summed E-state index contributed by atoms with van der Waals surface area (Å²) in [5, 5.41) is 6.76. The van der Waals surface area contributed by atoms with Crippen molar-refractivity contribution in [1.82, 2.24) is 15.0 Å². The lowest BCUT2D eigenvalue weighted by Crippen LogP contribution is -2.49. The van der Waals surface area contributed by atoms with E-state index in [1.54, 1.807) is 13.0 Å². The first-order chi connectivity index (χ1) is 12.0. The van der Waals surface area contributed by atoms with E-state index in [0.717, 1.165) is 44.5 Å². The Bertz CT molecular complexity index is 628. The molecular weight excluding hydrogens is 320 g/mol. The second kappa shape index (κ2) is 7.56. The van der Waals surface area contributed by atoms with Crippen LogP contribution in [-0.4, -0.2) is 58.5 Å². The molecule has 1 N–H and O–H groups in total. The molecule has 7 nitrogen and oxygen atoms in total. The Morgan fingerprint density at radius 2 is 2.00 bits per heavy atom. The van der Waals surface area contributed by atoms with Gasteiger partial charge in [0.15, 0.2) is 0 Å². The smallest absolute Gasteiger partial charge is 0.240 e. The molecule has 0 bridgehead atoms. The van der Waals surface area contributed by atoms with E-state index in [0.29, 0.717) is 12.4 Å². The number of hydrogen-bond acceptors (Lipinski definition) is 5. The summed E-state index contributed by atoms with van der Waals surface area (Å²) in [6.45, 7) is 7.76. The predicted octanol–water partition coefficient (Wildman–Crippen LogP) is 2.21. The van der Waals surface area contributed by atoms with E-state index in [1.165, 1.54) is 0 Å². The molecule has 0 spiro atoms. The summed E-state index contributed by atoms with van der Waals surface area (Å²) >= 11 is 0. The third kappa shape index (κ3) is 4.03. The van der Waals surface area contributed by atoms with Crippen LogP contribution in [0.3, 0.4) is 0 Å². The van der Waals surface area contributed by atoms with Gasteiger partial charge < -0.3 is 9.42 Å². The maximum absolute atomic E-state index is 12.4.